The van der Waals surface area contributed by atoms with Gasteiger partial charge in [0, 0.05) is 23.3 Å². The van der Waals surface area contributed by atoms with Crippen LogP contribution in [0.2, 0.25) is 0 Å². The second-order valence-corrected chi connectivity index (χ2v) is 11.4. The third-order valence-corrected chi connectivity index (χ3v) is 7.59. The quantitative estimate of drug-likeness (QED) is 0.258. The molecular weight excluding hydrogens is 458 g/mol. The van der Waals surface area contributed by atoms with Gasteiger partial charge in [-0.2, -0.15) is 0 Å². The molecule has 11 heteroatoms. The fourth-order valence-electron chi connectivity index (χ4n) is 2.61. The third-order valence-electron chi connectivity index (χ3n) is 4.24. The number of hydrogen-bond acceptors (Lipinski definition) is 4. The van der Waals surface area contributed by atoms with E-state index in [2.05, 4.69) is 23.1 Å². The van der Waals surface area contributed by atoms with Gasteiger partial charge in [0.15, 0.2) is 7.14 Å². The highest BCUT2D eigenvalue weighted by atomic mass is 32.5. The summed E-state index contributed by atoms with van der Waals surface area (Å²) >= 11 is 0. The van der Waals surface area contributed by atoms with E-state index in [4.69, 9.17) is 4.74 Å². The minimum Gasteiger partial charge on any atom is -0.437 e. The molecule has 31 heavy (non-hydrogen) atoms. The van der Waals surface area contributed by atoms with Crippen molar-refractivity contribution < 1.29 is 28.7 Å². The van der Waals surface area contributed by atoms with Gasteiger partial charge in [0.1, 0.15) is 16.3 Å². The number of aromatic nitrogens is 2. The number of ether oxygens (including phenoxy) is 1. The van der Waals surface area contributed by atoms with E-state index in [-0.39, 0.29) is 29.5 Å². The summed E-state index contributed by atoms with van der Waals surface area (Å²) < 4.78 is 82.4. The van der Waals surface area contributed by atoms with Gasteiger partial charge in [-0.3, -0.25) is 0 Å². The summed E-state index contributed by atoms with van der Waals surface area (Å²) in [6.07, 6.45) is 2.69. The monoisotopic (exact) mass is 474 g/mol. The van der Waals surface area contributed by atoms with Crippen LogP contribution in [0.5, 0.6) is 11.6 Å². The Kier molecular flexibility index (Phi) is 5.15. The Hall–Kier alpha value is -2.97. The van der Waals surface area contributed by atoms with Gasteiger partial charge in [-0.15, -0.1) is 0 Å². The van der Waals surface area contributed by atoms with Gasteiger partial charge in [-0.1, -0.05) is 56.9 Å². The highest BCUT2D eigenvalue weighted by Crippen LogP contribution is 3.02. The van der Waals surface area contributed by atoms with Crippen LogP contribution in [0, 0.1) is 0 Å². The van der Waals surface area contributed by atoms with Crippen molar-refractivity contribution in [3.63, 3.8) is 0 Å². The average molecular weight is 474 g/mol. The highest BCUT2D eigenvalue weighted by Gasteiger charge is 2.65. The normalized spacial score (nSPS) is 14.2. The lowest BCUT2D eigenvalue weighted by molar-refractivity contribution is 0.363. The average Bonchev–Trinajstić information content (AvgIpc) is 2.72. The molecule has 0 atom stereocenters. The number of halogens is 5. The van der Waals surface area contributed by atoms with Crippen molar-refractivity contribution in [1.29, 1.82) is 0 Å². The molecule has 0 aliphatic heterocycles. The molecule has 0 amide bonds. The molecule has 1 aromatic heterocycles. The van der Waals surface area contributed by atoms with Gasteiger partial charge >= 0.3 is 10.2 Å². The molecule has 0 unspecified atom stereocenters. The molecule has 0 radical (unpaired) electrons. The number of hydrogen-bond donors (Lipinski definition) is 0. The van der Waals surface area contributed by atoms with Crippen LogP contribution in [0.3, 0.4) is 0 Å². The van der Waals surface area contributed by atoms with Gasteiger partial charge in [-0.05, 0) is 35.9 Å². The topological polar surface area (TPSA) is 52.1 Å². The van der Waals surface area contributed by atoms with Crippen molar-refractivity contribution in [3.8, 4) is 22.9 Å². The second kappa shape index (κ2) is 7.03. The maximum absolute atomic E-state index is 12.9. The maximum atomic E-state index is 12.9. The summed E-state index contributed by atoms with van der Waals surface area (Å²) in [7, 11) is -12.7. The van der Waals surface area contributed by atoms with E-state index in [1.807, 2.05) is 0 Å². The summed E-state index contributed by atoms with van der Waals surface area (Å²) in [5, 5.41) is 0.499. The Balaban J connectivity index is 1.92. The lowest BCUT2D eigenvalue weighted by Gasteiger charge is -2.40. The van der Waals surface area contributed by atoms with Gasteiger partial charge < -0.3 is 9.30 Å². The van der Waals surface area contributed by atoms with Crippen LogP contribution < -0.4 is 10.0 Å². The first kappa shape index (κ1) is 22.7. The zero-order valence-corrected chi connectivity index (χ0v) is 17.5. The SMILES string of the molecule is C=CP(=O)(C=C)c1ccc(-c2nccnc2Oc2ccc(S(F)(F)(F)(F)F)cc2)cc1. The van der Waals surface area contributed by atoms with Crippen LogP contribution in [0.15, 0.2) is 90.6 Å². The van der Waals surface area contributed by atoms with E-state index in [1.54, 1.807) is 24.3 Å². The number of nitrogens with zero attached hydrogens (tertiary/aromatic N) is 2. The fourth-order valence-corrected chi connectivity index (χ4v) is 4.45. The van der Waals surface area contributed by atoms with Crippen LogP contribution in [-0.4, -0.2) is 9.97 Å². The van der Waals surface area contributed by atoms with Crippen LogP contribution in [0.1, 0.15) is 0 Å². The van der Waals surface area contributed by atoms with Crippen molar-refractivity contribution in [2.75, 3.05) is 0 Å². The predicted molar refractivity (Wildman–Crippen MR) is 113 cm³/mol. The third kappa shape index (κ3) is 5.03. The van der Waals surface area contributed by atoms with Gasteiger partial charge in [0.05, 0.1) is 0 Å². The highest BCUT2D eigenvalue weighted by molar-refractivity contribution is 8.45. The van der Waals surface area contributed by atoms with Crippen molar-refractivity contribution in [2.45, 2.75) is 4.90 Å². The Morgan fingerprint density at radius 2 is 1.39 bits per heavy atom. The molecule has 2 aromatic carbocycles. The predicted octanol–water partition coefficient (Wildman–Crippen LogP) is 7.87. The van der Waals surface area contributed by atoms with Crippen molar-refractivity contribution in [3.05, 3.63) is 85.7 Å². The summed E-state index contributed by atoms with van der Waals surface area (Å²) in [4.78, 5) is 6.17. The van der Waals surface area contributed by atoms with Gasteiger partial charge in [0.25, 0.3) is 0 Å². The molecule has 3 aromatic rings. The number of rotatable bonds is 7. The molecule has 0 saturated heterocycles. The first-order valence-electron chi connectivity index (χ1n) is 8.56. The van der Waals surface area contributed by atoms with Gasteiger partial charge in [-0.25, -0.2) is 9.97 Å². The van der Waals surface area contributed by atoms with Crippen LogP contribution in [0.25, 0.3) is 11.3 Å². The Morgan fingerprint density at radius 3 is 1.90 bits per heavy atom. The molecule has 0 aliphatic rings. The van der Waals surface area contributed by atoms with E-state index < -0.39 is 22.3 Å². The molecule has 0 bridgehead atoms. The van der Waals surface area contributed by atoms with Crippen LogP contribution in [0.4, 0.5) is 19.4 Å². The largest absolute Gasteiger partial charge is 0.437 e. The van der Waals surface area contributed by atoms with Crippen LogP contribution >= 0.6 is 17.4 Å². The van der Waals surface area contributed by atoms with Crippen molar-refractivity contribution >= 4 is 22.7 Å². The zero-order valence-electron chi connectivity index (χ0n) is 15.8. The molecule has 0 saturated carbocycles. The lowest BCUT2D eigenvalue weighted by atomic mass is 10.1. The Labute approximate surface area is 175 Å². The maximum Gasteiger partial charge on any atom is 0.310 e. The fraction of sp³-hybridized carbons (Fsp3) is 0. The van der Waals surface area contributed by atoms with E-state index in [0.717, 1.165) is 12.1 Å². The summed E-state index contributed by atoms with van der Waals surface area (Å²) in [5.41, 5.74) is 0.771. The van der Waals surface area contributed by atoms with E-state index in [0.29, 0.717) is 10.9 Å². The summed E-state index contributed by atoms with van der Waals surface area (Å²) in [5.74, 6) is 2.46. The van der Waals surface area contributed by atoms with E-state index in [1.165, 1.54) is 24.0 Å². The first-order chi connectivity index (χ1) is 14.3. The minimum atomic E-state index is -9.77. The smallest absolute Gasteiger partial charge is 0.310 e. The summed E-state index contributed by atoms with van der Waals surface area (Å²) in [6, 6.07) is 8.49. The van der Waals surface area contributed by atoms with E-state index >= 15 is 0 Å². The molecule has 3 rings (SSSR count). The lowest BCUT2D eigenvalue weighted by Crippen LogP contribution is -2.05. The second-order valence-electron chi connectivity index (χ2n) is 6.37. The first-order valence-corrected chi connectivity index (χ1v) is 12.4. The Bertz CT molecular complexity index is 1190. The van der Waals surface area contributed by atoms with Crippen molar-refractivity contribution in [2.24, 2.45) is 0 Å². The molecule has 0 N–H and O–H groups in total. The standard InChI is InChI=1S/C20H16F5N2O2PS/c1-3-30(28,4-2)17-9-5-15(6-10-17)19-20(27-14-13-26-19)29-16-7-11-18(12-8-16)31(21,22,23,24)25/h3-14H,1-2H2. The molecule has 0 fully saturated rings. The molecule has 164 valence electrons. The molecule has 4 nitrogen and oxygen atoms in total. The van der Waals surface area contributed by atoms with Crippen LogP contribution in [-0.2, 0) is 4.57 Å². The molecular formula is C20H16F5N2O2PS. The Morgan fingerprint density at radius 1 is 0.839 bits per heavy atom. The number of benzene rings is 2. The molecule has 0 aliphatic carbocycles. The molecule has 1 heterocycles. The summed E-state index contributed by atoms with van der Waals surface area (Å²) in [6.45, 7) is 7.12. The zero-order chi connectivity index (χ0) is 23.0. The van der Waals surface area contributed by atoms with E-state index in [9.17, 15) is 24.0 Å². The minimum absolute atomic E-state index is 0.0500. The van der Waals surface area contributed by atoms with Gasteiger partial charge in [0.2, 0.25) is 5.88 Å². The van der Waals surface area contributed by atoms with Crippen molar-refractivity contribution in [1.82, 2.24) is 9.97 Å². The molecule has 0 spiro atoms.